The Kier molecular flexibility index (Phi) is 2.08. The maximum atomic E-state index is 9.55. The highest BCUT2D eigenvalue weighted by molar-refractivity contribution is 5.59. The number of nitrogens with zero attached hydrogens (tertiary/aromatic N) is 1. The molecule has 1 aliphatic heterocycles. The molecule has 2 nitrogen and oxygen atoms in total. The van der Waals surface area contributed by atoms with Gasteiger partial charge in [0.25, 0.3) is 0 Å². The molecule has 0 bridgehead atoms. The molecule has 1 aliphatic carbocycles. The van der Waals surface area contributed by atoms with Gasteiger partial charge in [0.2, 0.25) is 0 Å². The summed E-state index contributed by atoms with van der Waals surface area (Å²) in [6.45, 7) is 1.17. The molecule has 1 heterocycles. The molecular formula is C13H17NO. The van der Waals surface area contributed by atoms with E-state index >= 15 is 0 Å². The van der Waals surface area contributed by atoms with E-state index in [0.717, 1.165) is 6.04 Å². The van der Waals surface area contributed by atoms with Crippen LogP contribution in [0.15, 0.2) is 18.2 Å². The molecule has 1 fully saturated rings. The van der Waals surface area contributed by atoms with Crippen molar-refractivity contribution in [2.45, 2.75) is 38.1 Å². The van der Waals surface area contributed by atoms with Crippen LogP contribution in [0.5, 0.6) is 5.75 Å². The molecule has 1 aromatic carbocycles. The zero-order valence-electron chi connectivity index (χ0n) is 8.95. The first-order valence-corrected chi connectivity index (χ1v) is 5.93. The summed E-state index contributed by atoms with van der Waals surface area (Å²) >= 11 is 0. The Morgan fingerprint density at radius 1 is 1.20 bits per heavy atom. The van der Waals surface area contributed by atoms with Crippen molar-refractivity contribution in [1.82, 2.24) is 0 Å². The van der Waals surface area contributed by atoms with Gasteiger partial charge in [-0.1, -0.05) is 6.07 Å². The molecule has 1 N–H and O–H groups in total. The first-order valence-electron chi connectivity index (χ1n) is 5.93. The van der Waals surface area contributed by atoms with E-state index in [1.807, 2.05) is 12.1 Å². The Hall–Kier alpha value is -1.18. The van der Waals surface area contributed by atoms with Crippen LogP contribution in [0.4, 0.5) is 5.69 Å². The van der Waals surface area contributed by atoms with Gasteiger partial charge in [-0.3, -0.25) is 0 Å². The van der Waals surface area contributed by atoms with Gasteiger partial charge in [-0.25, -0.2) is 0 Å². The number of fused-ring (bicyclic) bond motifs is 1. The smallest absolute Gasteiger partial charge is 0.117 e. The van der Waals surface area contributed by atoms with Crippen molar-refractivity contribution >= 4 is 5.69 Å². The molecule has 15 heavy (non-hydrogen) atoms. The highest BCUT2D eigenvalue weighted by Crippen LogP contribution is 2.36. The fraction of sp³-hybridized carbons (Fsp3) is 0.538. The lowest BCUT2D eigenvalue weighted by Crippen LogP contribution is -2.43. The van der Waals surface area contributed by atoms with E-state index < -0.39 is 0 Å². The molecule has 0 atom stereocenters. The summed E-state index contributed by atoms with van der Waals surface area (Å²) in [4.78, 5) is 2.50. The summed E-state index contributed by atoms with van der Waals surface area (Å²) in [5.74, 6) is 0.403. The number of benzene rings is 1. The molecule has 0 aromatic heterocycles. The van der Waals surface area contributed by atoms with Crippen molar-refractivity contribution in [2.24, 2.45) is 0 Å². The second-order valence-electron chi connectivity index (χ2n) is 4.69. The highest BCUT2D eigenvalue weighted by Gasteiger charge is 2.28. The van der Waals surface area contributed by atoms with Crippen LogP contribution in [0.25, 0.3) is 0 Å². The van der Waals surface area contributed by atoms with E-state index in [2.05, 4.69) is 11.0 Å². The molecule has 3 rings (SSSR count). The molecule has 2 heteroatoms. The Morgan fingerprint density at radius 2 is 2.07 bits per heavy atom. The van der Waals surface area contributed by atoms with Crippen LogP contribution in [-0.4, -0.2) is 17.7 Å². The Labute approximate surface area is 90.5 Å². The van der Waals surface area contributed by atoms with Gasteiger partial charge >= 0.3 is 0 Å². The largest absolute Gasteiger partial charge is 0.508 e. The topological polar surface area (TPSA) is 23.5 Å². The molecular weight excluding hydrogens is 186 g/mol. The number of aryl methyl sites for hydroxylation is 1. The first kappa shape index (κ1) is 9.08. The standard InChI is InChI=1S/C13H17NO/c15-12-7-6-10-3-2-8-14(13(10)9-12)11-4-1-5-11/h6-7,9,11,15H,1-5,8H2. The third-order valence-corrected chi connectivity index (χ3v) is 3.74. The minimum Gasteiger partial charge on any atom is -0.508 e. The van der Waals surface area contributed by atoms with Crippen molar-refractivity contribution < 1.29 is 5.11 Å². The molecule has 80 valence electrons. The van der Waals surface area contributed by atoms with Crippen LogP contribution in [0, 0.1) is 0 Å². The minimum absolute atomic E-state index is 0.403. The minimum atomic E-state index is 0.403. The zero-order chi connectivity index (χ0) is 10.3. The summed E-state index contributed by atoms with van der Waals surface area (Å²) in [7, 11) is 0. The van der Waals surface area contributed by atoms with Gasteiger partial charge in [0.1, 0.15) is 5.75 Å². The molecule has 1 saturated carbocycles. The van der Waals surface area contributed by atoms with Gasteiger partial charge < -0.3 is 10.0 Å². The maximum Gasteiger partial charge on any atom is 0.117 e. The molecule has 0 saturated heterocycles. The van der Waals surface area contributed by atoms with Crippen LogP contribution >= 0.6 is 0 Å². The fourth-order valence-electron chi connectivity index (χ4n) is 2.67. The Morgan fingerprint density at radius 3 is 2.80 bits per heavy atom. The monoisotopic (exact) mass is 203 g/mol. The van der Waals surface area contributed by atoms with E-state index in [1.165, 1.54) is 49.9 Å². The van der Waals surface area contributed by atoms with E-state index in [0.29, 0.717) is 5.75 Å². The summed E-state index contributed by atoms with van der Waals surface area (Å²) in [5.41, 5.74) is 2.69. The molecule has 0 unspecified atom stereocenters. The fourth-order valence-corrected chi connectivity index (χ4v) is 2.67. The van der Waals surface area contributed by atoms with Crippen molar-refractivity contribution in [2.75, 3.05) is 11.4 Å². The van der Waals surface area contributed by atoms with E-state index in [-0.39, 0.29) is 0 Å². The lowest BCUT2D eigenvalue weighted by atomic mass is 9.88. The third kappa shape index (κ3) is 1.48. The van der Waals surface area contributed by atoms with Crippen molar-refractivity contribution in [3.05, 3.63) is 23.8 Å². The second-order valence-corrected chi connectivity index (χ2v) is 4.69. The summed E-state index contributed by atoms with van der Waals surface area (Å²) < 4.78 is 0. The van der Waals surface area contributed by atoms with Crippen LogP contribution < -0.4 is 4.90 Å². The summed E-state index contributed by atoms with van der Waals surface area (Å²) in [6, 6.07) is 6.57. The number of anilines is 1. The van der Waals surface area contributed by atoms with Crippen LogP contribution in [0.2, 0.25) is 0 Å². The van der Waals surface area contributed by atoms with Crippen LogP contribution in [-0.2, 0) is 6.42 Å². The van der Waals surface area contributed by atoms with Crippen LogP contribution in [0.1, 0.15) is 31.2 Å². The number of hydrogen-bond acceptors (Lipinski definition) is 2. The van der Waals surface area contributed by atoms with Crippen LogP contribution in [0.3, 0.4) is 0 Å². The number of phenols is 1. The van der Waals surface area contributed by atoms with Gasteiger partial charge in [-0.15, -0.1) is 0 Å². The van der Waals surface area contributed by atoms with E-state index in [9.17, 15) is 5.11 Å². The first-order chi connectivity index (χ1) is 7.34. The van der Waals surface area contributed by atoms with E-state index in [1.54, 1.807) is 0 Å². The summed E-state index contributed by atoms with van der Waals surface area (Å²) in [5, 5.41) is 9.55. The maximum absolute atomic E-state index is 9.55. The summed E-state index contributed by atoms with van der Waals surface area (Å²) in [6.07, 6.45) is 6.45. The van der Waals surface area contributed by atoms with Crippen molar-refractivity contribution in [3.8, 4) is 5.75 Å². The van der Waals surface area contributed by atoms with Gasteiger partial charge in [-0.2, -0.15) is 0 Å². The van der Waals surface area contributed by atoms with Gasteiger partial charge in [0, 0.05) is 24.3 Å². The number of hydrogen-bond donors (Lipinski definition) is 1. The molecule has 2 aliphatic rings. The lowest BCUT2D eigenvalue weighted by Gasteiger charge is -2.42. The molecule has 1 aromatic rings. The van der Waals surface area contributed by atoms with Gasteiger partial charge in [-0.05, 0) is 43.7 Å². The molecule has 0 amide bonds. The lowest BCUT2D eigenvalue weighted by molar-refractivity contribution is 0.378. The average molecular weight is 203 g/mol. The van der Waals surface area contributed by atoms with Gasteiger partial charge in [0.15, 0.2) is 0 Å². The predicted molar refractivity (Wildman–Crippen MR) is 61.4 cm³/mol. The number of phenolic OH excluding ortho intramolecular Hbond substituents is 1. The molecule has 0 spiro atoms. The number of rotatable bonds is 1. The van der Waals surface area contributed by atoms with E-state index in [4.69, 9.17) is 0 Å². The quantitative estimate of drug-likeness (QED) is 0.758. The zero-order valence-corrected chi connectivity index (χ0v) is 8.95. The number of aromatic hydroxyl groups is 1. The third-order valence-electron chi connectivity index (χ3n) is 3.74. The predicted octanol–water partition coefficient (Wildman–Crippen LogP) is 2.70. The molecule has 0 radical (unpaired) electrons. The highest BCUT2D eigenvalue weighted by atomic mass is 16.3. The van der Waals surface area contributed by atoms with Crippen molar-refractivity contribution in [1.29, 1.82) is 0 Å². The normalized spacial score (nSPS) is 20.9. The van der Waals surface area contributed by atoms with Crippen molar-refractivity contribution in [3.63, 3.8) is 0 Å². The van der Waals surface area contributed by atoms with Gasteiger partial charge in [0.05, 0.1) is 0 Å². The Bertz CT molecular complexity index is 371. The SMILES string of the molecule is Oc1ccc2c(c1)N(C1CCC1)CCC2. The second kappa shape index (κ2) is 3.44. The average Bonchev–Trinajstić information content (AvgIpc) is 2.16. The Balaban J connectivity index is 1.96.